The van der Waals surface area contributed by atoms with Crippen LogP contribution in [0.1, 0.15) is 13.8 Å². The lowest BCUT2D eigenvalue weighted by Crippen LogP contribution is -2.48. The van der Waals surface area contributed by atoms with Gasteiger partial charge in [0.25, 0.3) is 0 Å². The van der Waals surface area contributed by atoms with Gasteiger partial charge in [0.2, 0.25) is 5.72 Å². The van der Waals surface area contributed by atoms with E-state index in [1.807, 2.05) is 0 Å². The molecule has 0 aliphatic carbocycles. The van der Waals surface area contributed by atoms with E-state index in [1.165, 1.54) is 13.0 Å². The minimum Gasteiger partial charge on any atom is -0.458 e. The summed E-state index contributed by atoms with van der Waals surface area (Å²) >= 11 is 0. The third kappa shape index (κ3) is 3.50. The van der Waals surface area contributed by atoms with E-state index >= 15 is 0 Å². The van der Waals surface area contributed by atoms with Gasteiger partial charge in [0.05, 0.1) is 0 Å². The second kappa shape index (κ2) is 4.90. The Morgan fingerprint density at radius 3 is 2.75 bits per heavy atom. The number of hydrogen-bond acceptors (Lipinski definition) is 4. The summed E-state index contributed by atoms with van der Waals surface area (Å²) in [6, 6.07) is 0. The lowest BCUT2D eigenvalue weighted by Gasteiger charge is -2.21. The van der Waals surface area contributed by atoms with E-state index in [0.717, 1.165) is 0 Å². The summed E-state index contributed by atoms with van der Waals surface area (Å²) in [5, 5.41) is 0. The Hall–Kier alpha value is -0.870. The maximum Gasteiger partial charge on any atom is 0.353 e. The molecule has 0 aromatic heterocycles. The first-order valence-electron chi connectivity index (χ1n) is 3.75. The molecule has 0 heterocycles. The van der Waals surface area contributed by atoms with Gasteiger partial charge in [-0.3, -0.25) is 5.73 Å². The molecule has 0 rings (SSSR count). The van der Waals surface area contributed by atoms with E-state index in [9.17, 15) is 4.79 Å². The zero-order chi connectivity index (χ0) is 9.61. The van der Waals surface area contributed by atoms with Crippen molar-refractivity contribution in [1.29, 1.82) is 0 Å². The van der Waals surface area contributed by atoms with Crippen molar-refractivity contribution >= 4 is 5.97 Å². The van der Waals surface area contributed by atoms with E-state index in [0.29, 0.717) is 6.61 Å². The molecule has 4 nitrogen and oxygen atoms in total. The van der Waals surface area contributed by atoms with E-state index in [1.54, 1.807) is 6.92 Å². The predicted octanol–water partition coefficient (Wildman–Crippen LogP) is 0.427. The van der Waals surface area contributed by atoms with Crippen molar-refractivity contribution < 1.29 is 14.3 Å². The van der Waals surface area contributed by atoms with Crippen LogP contribution in [0.25, 0.3) is 0 Å². The summed E-state index contributed by atoms with van der Waals surface area (Å²) in [6.07, 6.45) is 1.47. The fourth-order valence-corrected chi connectivity index (χ4v) is 0.637. The number of esters is 1. The van der Waals surface area contributed by atoms with Crippen molar-refractivity contribution in [2.75, 3.05) is 13.2 Å². The zero-order valence-electron chi connectivity index (χ0n) is 7.50. The van der Waals surface area contributed by atoms with Crippen LogP contribution in [0.15, 0.2) is 12.7 Å². The highest BCUT2D eigenvalue weighted by Gasteiger charge is 2.30. The molecule has 0 radical (unpaired) electrons. The van der Waals surface area contributed by atoms with Crippen molar-refractivity contribution in [3.8, 4) is 0 Å². The Bertz CT molecular complexity index is 166. The Labute approximate surface area is 72.3 Å². The van der Waals surface area contributed by atoms with Crippen LogP contribution < -0.4 is 5.73 Å². The van der Waals surface area contributed by atoms with E-state index in [2.05, 4.69) is 6.58 Å². The monoisotopic (exact) mass is 173 g/mol. The Balaban J connectivity index is 3.96. The lowest BCUT2D eigenvalue weighted by atomic mass is 10.3. The molecule has 0 aliphatic rings. The molecular weight excluding hydrogens is 158 g/mol. The first-order valence-corrected chi connectivity index (χ1v) is 3.75. The van der Waals surface area contributed by atoms with Gasteiger partial charge in [-0.15, -0.1) is 0 Å². The largest absolute Gasteiger partial charge is 0.458 e. The van der Waals surface area contributed by atoms with Crippen LogP contribution in [0.4, 0.5) is 0 Å². The summed E-state index contributed by atoms with van der Waals surface area (Å²) in [5.41, 5.74) is 4.13. The highest BCUT2D eigenvalue weighted by Crippen LogP contribution is 2.03. The van der Waals surface area contributed by atoms with Crippen LogP contribution in [0, 0.1) is 0 Å². The molecule has 0 aromatic rings. The van der Waals surface area contributed by atoms with Gasteiger partial charge >= 0.3 is 5.97 Å². The summed E-state index contributed by atoms with van der Waals surface area (Å²) in [7, 11) is 0. The van der Waals surface area contributed by atoms with Crippen molar-refractivity contribution in [1.82, 2.24) is 0 Å². The second-order valence-corrected chi connectivity index (χ2v) is 2.43. The molecule has 12 heavy (non-hydrogen) atoms. The highest BCUT2D eigenvalue weighted by molar-refractivity contribution is 5.78. The molecule has 0 aromatic carbocycles. The van der Waals surface area contributed by atoms with Crippen molar-refractivity contribution in [2.45, 2.75) is 19.6 Å². The maximum atomic E-state index is 11.1. The van der Waals surface area contributed by atoms with Gasteiger partial charge in [-0.2, -0.15) is 0 Å². The third-order valence-corrected chi connectivity index (χ3v) is 1.18. The van der Waals surface area contributed by atoms with Gasteiger partial charge in [-0.05, 0) is 13.8 Å². The van der Waals surface area contributed by atoms with Gasteiger partial charge in [-0.25, -0.2) is 4.79 Å². The molecule has 1 atom stereocenters. The lowest BCUT2D eigenvalue weighted by molar-refractivity contribution is -0.168. The molecule has 0 saturated carbocycles. The molecule has 1 unspecified atom stereocenters. The minimum atomic E-state index is -1.35. The summed E-state index contributed by atoms with van der Waals surface area (Å²) < 4.78 is 9.66. The Morgan fingerprint density at radius 1 is 1.75 bits per heavy atom. The predicted molar refractivity (Wildman–Crippen MR) is 45.4 cm³/mol. The first-order chi connectivity index (χ1) is 5.54. The number of ether oxygens (including phenoxy) is 2. The molecule has 0 saturated heterocycles. The Morgan fingerprint density at radius 2 is 2.33 bits per heavy atom. The van der Waals surface area contributed by atoms with Gasteiger partial charge in [0.1, 0.15) is 6.61 Å². The highest BCUT2D eigenvalue weighted by atomic mass is 16.6. The molecule has 0 spiro atoms. The summed E-state index contributed by atoms with van der Waals surface area (Å²) in [6.45, 7) is 7.14. The molecule has 0 fully saturated rings. The van der Waals surface area contributed by atoms with Gasteiger partial charge < -0.3 is 9.47 Å². The molecule has 4 heteroatoms. The zero-order valence-corrected chi connectivity index (χ0v) is 7.50. The molecule has 2 N–H and O–H groups in total. The van der Waals surface area contributed by atoms with Gasteiger partial charge in [0, 0.05) is 6.61 Å². The van der Waals surface area contributed by atoms with Gasteiger partial charge in [-0.1, -0.05) is 12.7 Å². The number of nitrogens with two attached hydrogens (primary N) is 1. The van der Waals surface area contributed by atoms with Crippen molar-refractivity contribution in [2.24, 2.45) is 5.73 Å². The van der Waals surface area contributed by atoms with Crippen LogP contribution in [-0.4, -0.2) is 24.9 Å². The fourth-order valence-electron chi connectivity index (χ4n) is 0.637. The molecule has 0 bridgehead atoms. The van der Waals surface area contributed by atoms with Crippen LogP contribution in [0.3, 0.4) is 0 Å². The Kier molecular flexibility index (Phi) is 4.54. The van der Waals surface area contributed by atoms with E-state index in [-0.39, 0.29) is 6.61 Å². The second-order valence-electron chi connectivity index (χ2n) is 2.43. The number of hydrogen-bond donors (Lipinski definition) is 1. The average molecular weight is 173 g/mol. The van der Waals surface area contributed by atoms with Crippen LogP contribution in [-0.2, 0) is 14.3 Å². The minimum absolute atomic E-state index is 0.151. The first kappa shape index (κ1) is 11.1. The normalized spacial score (nSPS) is 14.9. The smallest absolute Gasteiger partial charge is 0.353 e. The van der Waals surface area contributed by atoms with E-state index < -0.39 is 11.7 Å². The van der Waals surface area contributed by atoms with Gasteiger partial charge in [0.15, 0.2) is 0 Å². The number of rotatable bonds is 5. The average Bonchev–Trinajstić information content (AvgIpc) is 2.00. The number of carbonyl (C=O) groups is 1. The SMILES string of the molecule is C=CCOC(=O)C(C)(N)OCC. The number of carbonyl (C=O) groups excluding carboxylic acids is 1. The third-order valence-electron chi connectivity index (χ3n) is 1.18. The fraction of sp³-hybridized carbons (Fsp3) is 0.625. The molecule has 0 amide bonds. The quantitative estimate of drug-likeness (QED) is 0.372. The van der Waals surface area contributed by atoms with Crippen molar-refractivity contribution in [3.05, 3.63) is 12.7 Å². The van der Waals surface area contributed by atoms with Crippen molar-refractivity contribution in [3.63, 3.8) is 0 Å². The van der Waals surface area contributed by atoms with E-state index in [4.69, 9.17) is 15.2 Å². The molecular formula is C8H15NO3. The van der Waals surface area contributed by atoms with Crippen LogP contribution in [0.5, 0.6) is 0 Å². The summed E-state index contributed by atoms with van der Waals surface area (Å²) in [5.74, 6) is -0.579. The molecule has 0 aliphatic heterocycles. The standard InChI is InChI=1S/C8H15NO3/c1-4-6-11-7(10)8(3,9)12-5-2/h4H,1,5-6,9H2,2-3H3. The van der Waals surface area contributed by atoms with Crippen LogP contribution in [0.2, 0.25) is 0 Å². The summed E-state index contributed by atoms with van der Waals surface area (Å²) in [4.78, 5) is 11.1. The topological polar surface area (TPSA) is 61.5 Å². The maximum absolute atomic E-state index is 11.1. The van der Waals surface area contributed by atoms with Crippen LogP contribution >= 0.6 is 0 Å². The molecule has 70 valence electrons.